The number of nitrogens with one attached hydrogen (secondary N) is 3. The largest absolute Gasteiger partial charge is 0.376 e. The fourth-order valence-electron chi connectivity index (χ4n) is 2.13. The molecule has 0 bridgehead atoms. The normalized spacial score (nSPS) is 10.4. The van der Waals surface area contributed by atoms with E-state index in [2.05, 4.69) is 16.0 Å². The van der Waals surface area contributed by atoms with Crippen molar-refractivity contribution in [2.24, 2.45) is 5.92 Å². The van der Waals surface area contributed by atoms with Crippen molar-refractivity contribution in [3.05, 3.63) is 53.1 Å². The fraction of sp³-hybridized carbons (Fsp3) is 0.263. The van der Waals surface area contributed by atoms with Gasteiger partial charge in [-0.2, -0.15) is 0 Å². The summed E-state index contributed by atoms with van der Waals surface area (Å²) in [6, 6.07) is 12.5. The Morgan fingerprint density at radius 2 is 1.72 bits per heavy atom. The van der Waals surface area contributed by atoms with Gasteiger partial charge in [0.2, 0.25) is 11.8 Å². The lowest BCUT2D eigenvalue weighted by Gasteiger charge is -2.12. The van der Waals surface area contributed by atoms with Crippen LogP contribution in [-0.2, 0) is 9.59 Å². The lowest BCUT2D eigenvalue weighted by Crippen LogP contribution is -2.22. The molecule has 0 aliphatic rings. The topological polar surface area (TPSA) is 70.2 Å². The molecule has 0 aliphatic heterocycles. The Bertz CT molecular complexity index is 775. The number of hydrogen-bond acceptors (Lipinski definition) is 3. The lowest BCUT2D eigenvalue weighted by molar-refractivity contribution is -0.119. The zero-order chi connectivity index (χ0) is 18.4. The Morgan fingerprint density at radius 3 is 2.40 bits per heavy atom. The van der Waals surface area contributed by atoms with Crippen molar-refractivity contribution in [3.63, 3.8) is 0 Å². The predicted octanol–water partition coefficient (Wildman–Crippen LogP) is 4.29. The minimum Gasteiger partial charge on any atom is -0.376 e. The first-order valence-electron chi connectivity index (χ1n) is 8.06. The number of benzene rings is 2. The van der Waals surface area contributed by atoms with Gasteiger partial charge in [-0.1, -0.05) is 37.6 Å². The number of carbonyl (C=O) groups is 2. The van der Waals surface area contributed by atoms with Crippen LogP contribution in [0.5, 0.6) is 0 Å². The molecule has 2 rings (SSSR count). The summed E-state index contributed by atoms with van der Waals surface area (Å²) in [7, 11) is 0. The van der Waals surface area contributed by atoms with Crippen molar-refractivity contribution in [3.8, 4) is 0 Å². The minimum atomic E-state index is -0.188. The van der Waals surface area contributed by atoms with Crippen molar-refractivity contribution >= 4 is 40.5 Å². The van der Waals surface area contributed by atoms with Crippen molar-refractivity contribution in [1.82, 2.24) is 0 Å². The first kappa shape index (κ1) is 18.8. The summed E-state index contributed by atoms with van der Waals surface area (Å²) in [5, 5.41) is 9.29. The minimum absolute atomic E-state index is 0.0680. The highest BCUT2D eigenvalue weighted by atomic mass is 35.5. The standard InChI is InChI=1S/C19H22ClN3O2/c1-12(2)19(25)23-16-6-4-5-15(10-16)22-18(24)11-21-17-9-14(20)8-7-13(17)3/h4-10,12,21H,11H2,1-3H3,(H,22,24)(H,23,25). The fourth-order valence-corrected chi connectivity index (χ4v) is 2.30. The van der Waals surface area contributed by atoms with Gasteiger partial charge < -0.3 is 16.0 Å². The van der Waals surface area contributed by atoms with Gasteiger partial charge in [0, 0.05) is 28.0 Å². The summed E-state index contributed by atoms with van der Waals surface area (Å²) in [6.07, 6.45) is 0. The summed E-state index contributed by atoms with van der Waals surface area (Å²) in [5.74, 6) is -0.364. The molecule has 0 saturated carbocycles. The zero-order valence-corrected chi connectivity index (χ0v) is 15.3. The van der Waals surface area contributed by atoms with E-state index < -0.39 is 0 Å². The molecular formula is C19H22ClN3O2. The molecule has 0 aromatic heterocycles. The maximum Gasteiger partial charge on any atom is 0.243 e. The molecular weight excluding hydrogens is 338 g/mol. The Morgan fingerprint density at radius 1 is 1.04 bits per heavy atom. The molecule has 0 fully saturated rings. The van der Waals surface area contributed by atoms with Gasteiger partial charge >= 0.3 is 0 Å². The molecule has 0 radical (unpaired) electrons. The molecule has 5 nitrogen and oxygen atoms in total. The number of carbonyl (C=O) groups excluding carboxylic acids is 2. The molecule has 25 heavy (non-hydrogen) atoms. The van der Waals surface area contributed by atoms with E-state index in [0.717, 1.165) is 11.3 Å². The number of amides is 2. The highest BCUT2D eigenvalue weighted by Crippen LogP contribution is 2.20. The van der Waals surface area contributed by atoms with Crippen LogP contribution < -0.4 is 16.0 Å². The van der Waals surface area contributed by atoms with Gasteiger partial charge in [-0.15, -0.1) is 0 Å². The Hall–Kier alpha value is -2.53. The molecule has 0 unspecified atom stereocenters. The van der Waals surface area contributed by atoms with E-state index in [9.17, 15) is 9.59 Å². The second kappa shape index (κ2) is 8.53. The molecule has 2 amide bonds. The smallest absolute Gasteiger partial charge is 0.243 e. The second-order valence-electron chi connectivity index (χ2n) is 6.09. The summed E-state index contributed by atoms with van der Waals surface area (Å²) < 4.78 is 0. The van der Waals surface area contributed by atoms with Crippen LogP contribution in [0.4, 0.5) is 17.1 Å². The third-order valence-corrected chi connectivity index (χ3v) is 3.81. The van der Waals surface area contributed by atoms with E-state index in [1.807, 2.05) is 26.8 Å². The monoisotopic (exact) mass is 359 g/mol. The van der Waals surface area contributed by atoms with Crippen LogP contribution in [0.15, 0.2) is 42.5 Å². The molecule has 132 valence electrons. The van der Waals surface area contributed by atoms with Crippen molar-refractivity contribution in [2.75, 3.05) is 22.5 Å². The predicted molar refractivity (Wildman–Crippen MR) is 103 cm³/mol. The Labute approximate surface area is 152 Å². The van der Waals surface area contributed by atoms with E-state index in [-0.39, 0.29) is 24.3 Å². The molecule has 2 aromatic carbocycles. The first-order valence-corrected chi connectivity index (χ1v) is 8.44. The van der Waals surface area contributed by atoms with Crippen LogP contribution in [0.2, 0.25) is 5.02 Å². The summed E-state index contributed by atoms with van der Waals surface area (Å²) in [4.78, 5) is 23.9. The molecule has 6 heteroatoms. The molecule has 3 N–H and O–H groups in total. The van der Waals surface area contributed by atoms with Gasteiger partial charge in [-0.3, -0.25) is 9.59 Å². The van der Waals surface area contributed by atoms with Gasteiger partial charge in [-0.05, 0) is 42.8 Å². The van der Waals surface area contributed by atoms with Crippen molar-refractivity contribution in [2.45, 2.75) is 20.8 Å². The number of hydrogen-bond donors (Lipinski definition) is 3. The highest BCUT2D eigenvalue weighted by Gasteiger charge is 2.08. The molecule has 0 saturated heterocycles. The van der Waals surface area contributed by atoms with Gasteiger partial charge in [0.1, 0.15) is 0 Å². The third kappa shape index (κ3) is 5.80. The SMILES string of the molecule is Cc1ccc(Cl)cc1NCC(=O)Nc1cccc(NC(=O)C(C)C)c1. The third-order valence-electron chi connectivity index (χ3n) is 3.58. The van der Waals surface area contributed by atoms with E-state index in [4.69, 9.17) is 11.6 Å². The van der Waals surface area contributed by atoms with Crippen LogP contribution in [-0.4, -0.2) is 18.4 Å². The highest BCUT2D eigenvalue weighted by molar-refractivity contribution is 6.30. The van der Waals surface area contributed by atoms with Gasteiger partial charge in [0.15, 0.2) is 0 Å². The van der Waals surface area contributed by atoms with Crippen molar-refractivity contribution in [1.29, 1.82) is 0 Å². The van der Waals surface area contributed by atoms with E-state index >= 15 is 0 Å². The number of aryl methyl sites for hydroxylation is 1. The summed E-state index contributed by atoms with van der Waals surface area (Å²) in [5.41, 5.74) is 3.10. The Kier molecular flexibility index (Phi) is 6.42. The van der Waals surface area contributed by atoms with E-state index in [1.165, 1.54) is 0 Å². The average Bonchev–Trinajstić information content (AvgIpc) is 2.56. The number of anilines is 3. The number of halogens is 1. The maximum absolute atomic E-state index is 12.1. The van der Waals surface area contributed by atoms with Crippen molar-refractivity contribution < 1.29 is 9.59 Å². The van der Waals surface area contributed by atoms with Gasteiger partial charge in [-0.25, -0.2) is 0 Å². The summed E-state index contributed by atoms with van der Waals surface area (Å²) in [6.45, 7) is 5.70. The maximum atomic E-state index is 12.1. The average molecular weight is 360 g/mol. The van der Waals surface area contributed by atoms with Crippen LogP contribution in [0.3, 0.4) is 0 Å². The second-order valence-corrected chi connectivity index (χ2v) is 6.52. The van der Waals surface area contributed by atoms with E-state index in [0.29, 0.717) is 16.4 Å². The number of rotatable bonds is 6. The van der Waals surface area contributed by atoms with Crippen LogP contribution in [0.25, 0.3) is 0 Å². The molecule has 0 atom stereocenters. The van der Waals surface area contributed by atoms with Gasteiger partial charge in [0.25, 0.3) is 0 Å². The summed E-state index contributed by atoms with van der Waals surface area (Å²) >= 11 is 5.97. The quantitative estimate of drug-likeness (QED) is 0.720. The molecule has 0 spiro atoms. The molecule has 2 aromatic rings. The molecule has 0 aliphatic carbocycles. The molecule has 0 heterocycles. The zero-order valence-electron chi connectivity index (χ0n) is 14.5. The van der Waals surface area contributed by atoms with Crippen LogP contribution in [0.1, 0.15) is 19.4 Å². The van der Waals surface area contributed by atoms with Crippen LogP contribution in [0, 0.1) is 12.8 Å². The van der Waals surface area contributed by atoms with Gasteiger partial charge in [0.05, 0.1) is 6.54 Å². The lowest BCUT2D eigenvalue weighted by atomic mass is 10.2. The van der Waals surface area contributed by atoms with E-state index in [1.54, 1.807) is 36.4 Å². The van der Waals surface area contributed by atoms with Crippen LogP contribution >= 0.6 is 11.6 Å². The first-order chi connectivity index (χ1) is 11.8. The Balaban J connectivity index is 1.94.